The van der Waals surface area contributed by atoms with Crippen LogP contribution in [-0.4, -0.2) is 5.97 Å². The molecule has 0 fully saturated rings. The lowest BCUT2D eigenvalue weighted by atomic mass is 10.1. The van der Waals surface area contributed by atoms with Gasteiger partial charge in [0.15, 0.2) is 0 Å². The Morgan fingerprint density at radius 3 is 2.94 bits per heavy atom. The summed E-state index contributed by atoms with van der Waals surface area (Å²) in [5.41, 5.74) is 1.66. The summed E-state index contributed by atoms with van der Waals surface area (Å²) < 4.78 is 5.01. The Balaban J connectivity index is 2.44. The first kappa shape index (κ1) is 12.5. The highest BCUT2D eigenvalue weighted by Crippen LogP contribution is 2.06. The predicted molar refractivity (Wildman–Crippen MR) is 65.3 cm³/mol. The zero-order valence-corrected chi connectivity index (χ0v) is 9.90. The maximum atomic E-state index is 11.6. The van der Waals surface area contributed by atoms with Crippen molar-refractivity contribution in [3.63, 3.8) is 0 Å². The number of esters is 1. The minimum absolute atomic E-state index is 0.295. The summed E-state index contributed by atoms with van der Waals surface area (Å²) in [6, 6.07) is 7.39. The molecule has 0 aromatic heterocycles. The Morgan fingerprint density at radius 2 is 2.25 bits per heavy atom. The number of benzene rings is 1. The minimum atomic E-state index is -0.295. The molecule has 1 aromatic carbocycles. The second-order valence-electron chi connectivity index (χ2n) is 3.79. The third-order valence-corrected chi connectivity index (χ3v) is 2.25. The van der Waals surface area contributed by atoms with Gasteiger partial charge in [0.2, 0.25) is 0 Å². The van der Waals surface area contributed by atoms with Crippen LogP contribution in [0.1, 0.15) is 42.1 Å². The van der Waals surface area contributed by atoms with E-state index in [2.05, 4.69) is 6.92 Å². The predicted octanol–water partition coefficient (Wildman–Crippen LogP) is 3.86. The molecule has 1 aromatic rings. The molecule has 0 radical (unpaired) electrons. The fraction of sp³-hybridized carbons (Fsp3) is 0.357. The SMILES string of the molecule is CCCC/C=C/OC(=O)c1cccc(C)c1. The van der Waals surface area contributed by atoms with E-state index in [1.165, 1.54) is 6.26 Å². The third kappa shape index (κ3) is 4.30. The van der Waals surface area contributed by atoms with Gasteiger partial charge in [0.05, 0.1) is 11.8 Å². The van der Waals surface area contributed by atoms with Crippen molar-refractivity contribution in [1.29, 1.82) is 0 Å². The van der Waals surface area contributed by atoms with Crippen LogP contribution in [0.5, 0.6) is 0 Å². The van der Waals surface area contributed by atoms with Gasteiger partial charge < -0.3 is 4.74 Å². The van der Waals surface area contributed by atoms with Gasteiger partial charge in [-0.05, 0) is 38.0 Å². The van der Waals surface area contributed by atoms with Gasteiger partial charge in [-0.25, -0.2) is 4.79 Å². The molecule has 2 heteroatoms. The lowest BCUT2D eigenvalue weighted by Gasteiger charge is -2.00. The van der Waals surface area contributed by atoms with Gasteiger partial charge in [-0.1, -0.05) is 31.0 Å². The minimum Gasteiger partial charge on any atom is -0.431 e. The van der Waals surface area contributed by atoms with Crippen LogP contribution in [0, 0.1) is 6.92 Å². The van der Waals surface area contributed by atoms with Crippen LogP contribution in [0.2, 0.25) is 0 Å². The smallest absolute Gasteiger partial charge is 0.342 e. The van der Waals surface area contributed by atoms with Gasteiger partial charge in [0, 0.05) is 0 Å². The molecule has 0 amide bonds. The zero-order valence-electron chi connectivity index (χ0n) is 9.90. The quantitative estimate of drug-likeness (QED) is 0.426. The molecule has 0 unspecified atom stereocenters. The Labute approximate surface area is 96.9 Å². The van der Waals surface area contributed by atoms with Crippen molar-refractivity contribution >= 4 is 5.97 Å². The summed E-state index contributed by atoms with van der Waals surface area (Å²) >= 11 is 0. The average molecular weight is 218 g/mol. The summed E-state index contributed by atoms with van der Waals surface area (Å²) in [5, 5.41) is 0. The van der Waals surface area contributed by atoms with Gasteiger partial charge in [0.25, 0.3) is 0 Å². The van der Waals surface area contributed by atoms with Crippen molar-refractivity contribution in [3.8, 4) is 0 Å². The molecule has 0 N–H and O–H groups in total. The van der Waals surface area contributed by atoms with E-state index in [4.69, 9.17) is 4.74 Å². The maximum Gasteiger partial charge on any atom is 0.342 e. The molecule has 1 rings (SSSR count). The molecule has 0 aliphatic carbocycles. The number of aryl methyl sites for hydroxylation is 1. The first-order chi connectivity index (χ1) is 7.74. The molecule has 86 valence electrons. The third-order valence-electron chi connectivity index (χ3n) is 2.25. The molecule has 0 saturated heterocycles. The van der Waals surface area contributed by atoms with Crippen LogP contribution >= 0.6 is 0 Å². The monoisotopic (exact) mass is 218 g/mol. The van der Waals surface area contributed by atoms with Crippen molar-refractivity contribution in [2.24, 2.45) is 0 Å². The van der Waals surface area contributed by atoms with Crippen molar-refractivity contribution < 1.29 is 9.53 Å². The van der Waals surface area contributed by atoms with Crippen LogP contribution < -0.4 is 0 Å². The van der Waals surface area contributed by atoms with E-state index in [0.29, 0.717) is 5.56 Å². The van der Waals surface area contributed by atoms with Crippen LogP contribution in [0.15, 0.2) is 36.6 Å². The highest BCUT2D eigenvalue weighted by atomic mass is 16.5. The topological polar surface area (TPSA) is 26.3 Å². The summed E-state index contributed by atoms with van der Waals surface area (Å²) in [5.74, 6) is -0.295. The number of unbranched alkanes of at least 4 members (excludes halogenated alkanes) is 2. The number of hydrogen-bond acceptors (Lipinski definition) is 2. The Bertz CT molecular complexity index is 367. The number of carbonyl (C=O) groups excluding carboxylic acids is 1. The summed E-state index contributed by atoms with van der Waals surface area (Å²) in [4.78, 5) is 11.6. The molecule has 0 aliphatic rings. The van der Waals surface area contributed by atoms with Crippen molar-refractivity contribution in [2.75, 3.05) is 0 Å². The van der Waals surface area contributed by atoms with E-state index in [1.54, 1.807) is 6.07 Å². The largest absolute Gasteiger partial charge is 0.431 e. The molecular weight excluding hydrogens is 200 g/mol. The van der Waals surface area contributed by atoms with Crippen molar-refractivity contribution in [1.82, 2.24) is 0 Å². The fourth-order valence-electron chi connectivity index (χ4n) is 1.34. The highest BCUT2D eigenvalue weighted by molar-refractivity contribution is 5.89. The normalized spacial score (nSPS) is 10.6. The number of rotatable bonds is 5. The molecule has 2 nitrogen and oxygen atoms in total. The summed E-state index contributed by atoms with van der Waals surface area (Å²) in [7, 11) is 0. The van der Waals surface area contributed by atoms with Gasteiger partial charge in [0.1, 0.15) is 0 Å². The van der Waals surface area contributed by atoms with E-state index >= 15 is 0 Å². The Hall–Kier alpha value is -1.57. The van der Waals surface area contributed by atoms with E-state index < -0.39 is 0 Å². The van der Waals surface area contributed by atoms with Crippen LogP contribution in [0.25, 0.3) is 0 Å². The van der Waals surface area contributed by atoms with E-state index in [9.17, 15) is 4.79 Å². The maximum absolute atomic E-state index is 11.6. The molecular formula is C14H18O2. The highest BCUT2D eigenvalue weighted by Gasteiger charge is 2.04. The second kappa shape index (κ2) is 6.83. The number of allylic oxidation sites excluding steroid dienone is 1. The van der Waals surface area contributed by atoms with Gasteiger partial charge in [-0.15, -0.1) is 0 Å². The van der Waals surface area contributed by atoms with Crippen LogP contribution in [0.3, 0.4) is 0 Å². The van der Waals surface area contributed by atoms with E-state index in [1.807, 2.05) is 31.2 Å². The van der Waals surface area contributed by atoms with E-state index in [0.717, 1.165) is 24.8 Å². The van der Waals surface area contributed by atoms with Gasteiger partial charge in [-0.2, -0.15) is 0 Å². The standard InChI is InChI=1S/C14H18O2/c1-3-4-5-6-10-16-14(15)13-9-7-8-12(2)11-13/h6-11H,3-5H2,1-2H3/b10-6+. The number of ether oxygens (including phenoxy) is 1. The fourth-order valence-corrected chi connectivity index (χ4v) is 1.34. The average Bonchev–Trinajstić information content (AvgIpc) is 2.28. The molecule has 0 atom stereocenters. The Kier molecular flexibility index (Phi) is 5.34. The van der Waals surface area contributed by atoms with Crippen molar-refractivity contribution in [3.05, 3.63) is 47.7 Å². The molecule has 0 spiro atoms. The summed E-state index contributed by atoms with van der Waals surface area (Å²) in [6.45, 7) is 4.08. The first-order valence-corrected chi connectivity index (χ1v) is 5.66. The Morgan fingerprint density at radius 1 is 1.44 bits per heavy atom. The molecule has 0 aliphatic heterocycles. The molecule has 16 heavy (non-hydrogen) atoms. The number of hydrogen-bond donors (Lipinski definition) is 0. The second-order valence-corrected chi connectivity index (χ2v) is 3.79. The zero-order chi connectivity index (χ0) is 11.8. The molecule has 0 bridgehead atoms. The van der Waals surface area contributed by atoms with Crippen molar-refractivity contribution in [2.45, 2.75) is 33.1 Å². The van der Waals surface area contributed by atoms with Gasteiger partial charge >= 0.3 is 5.97 Å². The lowest BCUT2D eigenvalue weighted by Crippen LogP contribution is -2.00. The lowest BCUT2D eigenvalue weighted by molar-refractivity contribution is 0.0662. The first-order valence-electron chi connectivity index (χ1n) is 5.66. The van der Waals surface area contributed by atoms with Crippen LogP contribution in [0.4, 0.5) is 0 Å². The van der Waals surface area contributed by atoms with Crippen LogP contribution in [-0.2, 0) is 4.74 Å². The molecule has 0 heterocycles. The number of carbonyl (C=O) groups is 1. The summed E-state index contributed by atoms with van der Waals surface area (Å²) in [6.07, 6.45) is 6.60. The van der Waals surface area contributed by atoms with Gasteiger partial charge in [-0.3, -0.25) is 0 Å². The molecule has 0 saturated carbocycles. The van der Waals surface area contributed by atoms with E-state index in [-0.39, 0.29) is 5.97 Å².